The van der Waals surface area contributed by atoms with Crippen LogP contribution < -0.4 is 10.6 Å². The van der Waals surface area contributed by atoms with Crippen molar-refractivity contribution in [3.63, 3.8) is 0 Å². The first-order valence-electron chi connectivity index (χ1n) is 19.6. The number of ether oxygens (including phenoxy) is 2. The van der Waals surface area contributed by atoms with Crippen molar-refractivity contribution in [2.24, 2.45) is 11.8 Å². The highest BCUT2D eigenvalue weighted by atomic mass is 32.2. The molecule has 4 aliphatic carbocycles. The van der Waals surface area contributed by atoms with E-state index in [0.29, 0.717) is 51.7 Å². The lowest BCUT2D eigenvalue weighted by molar-refractivity contribution is -0.140. The van der Waals surface area contributed by atoms with Crippen LogP contribution in [0.1, 0.15) is 89.2 Å². The van der Waals surface area contributed by atoms with E-state index < -0.39 is 110 Å². The van der Waals surface area contributed by atoms with Gasteiger partial charge in [-0.1, -0.05) is 38.1 Å². The molecule has 4 saturated carbocycles. The van der Waals surface area contributed by atoms with E-state index in [9.17, 15) is 63.3 Å². The monoisotopic (exact) mass is 888 g/mol. The number of alkyl halides is 6. The van der Waals surface area contributed by atoms with Gasteiger partial charge in [0.2, 0.25) is 11.8 Å². The van der Waals surface area contributed by atoms with Gasteiger partial charge >= 0.3 is 12.4 Å². The zero-order valence-corrected chi connectivity index (χ0v) is 34.4. The number of benzene rings is 2. The molecule has 4 fully saturated rings. The molecular formula is C40H46F6N4O8S2. The molecule has 2 amide bonds. The molecule has 0 unspecified atom stereocenters. The lowest BCUT2D eigenvalue weighted by Gasteiger charge is -2.20. The number of halogens is 6. The van der Waals surface area contributed by atoms with Gasteiger partial charge in [0.25, 0.3) is 0 Å². The number of nitrogens with one attached hydrogen (secondary N) is 2. The first-order chi connectivity index (χ1) is 28.1. The van der Waals surface area contributed by atoms with Gasteiger partial charge in [0.05, 0.1) is 67.6 Å². The molecule has 0 radical (unpaired) electrons. The lowest BCUT2D eigenvalue weighted by atomic mass is 10.0. The molecule has 2 aromatic carbocycles. The molecule has 6 rings (SSSR count). The predicted molar refractivity (Wildman–Crippen MR) is 202 cm³/mol. The Morgan fingerprint density at radius 1 is 0.650 bits per heavy atom. The van der Waals surface area contributed by atoms with Crippen LogP contribution in [0.4, 0.5) is 26.3 Å². The zero-order chi connectivity index (χ0) is 44.3. The number of hydrogen-bond acceptors (Lipinski definition) is 10. The van der Waals surface area contributed by atoms with Crippen LogP contribution in [0.25, 0.3) is 0 Å². The van der Waals surface area contributed by atoms with Crippen LogP contribution in [0.5, 0.6) is 0 Å². The van der Waals surface area contributed by atoms with Gasteiger partial charge in [-0.3, -0.25) is 9.59 Å². The molecule has 0 aliphatic heterocycles. The SMILES string of the molecule is CCCO[C@@H]1C[C@H](S(=O)(=O)c2ccccc2C(F)(F)F)C[C@H]1C(=O)NC1(C#N)CC1.CCCO[C@H]1C[C@@H](S(=O)(=O)c2ccccc2C(F)(F)F)C[C@@H]1C(=O)NC1(C#N)CC1. The van der Waals surface area contributed by atoms with Gasteiger partial charge in [0.15, 0.2) is 19.7 Å². The summed E-state index contributed by atoms with van der Waals surface area (Å²) in [7, 11) is -8.71. The zero-order valence-electron chi connectivity index (χ0n) is 32.8. The molecule has 0 bridgehead atoms. The molecule has 0 heterocycles. The molecule has 0 aromatic heterocycles. The average Bonchev–Trinajstić information content (AvgIpc) is 4.06. The fourth-order valence-electron chi connectivity index (χ4n) is 7.57. The van der Waals surface area contributed by atoms with Crippen LogP contribution in [0.3, 0.4) is 0 Å². The molecule has 4 aliphatic rings. The summed E-state index contributed by atoms with van der Waals surface area (Å²) in [6.45, 7) is 4.30. The molecule has 2 aromatic rings. The smallest absolute Gasteiger partial charge is 0.377 e. The van der Waals surface area contributed by atoms with E-state index in [4.69, 9.17) is 9.47 Å². The highest BCUT2D eigenvalue weighted by Gasteiger charge is 2.53. The van der Waals surface area contributed by atoms with E-state index in [1.54, 1.807) is 0 Å². The Balaban J connectivity index is 0.000000228. The number of nitrogens with zero attached hydrogens (tertiary/aromatic N) is 2. The minimum Gasteiger partial charge on any atom is -0.377 e. The summed E-state index contributed by atoms with van der Waals surface area (Å²) in [5, 5.41) is 21.3. The fourth-order valence-corrected chi connectivity index (χ4v) is 11.6. The van der Waals surface area contributed by atoms with Crippen molar-refractivity contribution in [3.05, 3.63) is 59.7 Å². The van der Waals surface area contributed by atoms with Crippen molar-refractivity contribution in [2.45, 2.75) is 134 Å². The molecule has 2 N–H and O–H groups in total. The lowest BCUT2D eigenvalue weighted by Crippen LogP contribution is -2.42. The summed E-state index contributed by atoms with van der Waals surface area (Å²) >= 11 is 0. The van der Waals surface area contributed by atoms with Crippen LogP contribution in [-0.4, -0.2) is 75.6 Å². The van der Waals surface area contributed by atoms with Gasteiger partial charge in [-0.2, -0.15) is 36.9 Å². The maximum absolute atomic E-state index is 13.4. The minimum absolute atomic E-state index is 0.0772. The number of carbonyl (C=O) groups excluding carboxylic acids is 2. The first-order valence-corrected chi connectivity index (χ1v) is 22.7. The summed E-state index contributed by atoms with van der Waals surface area (Å²) in [6, 6.07) is 12.2. The highest BCUT2D eigenvalue weighted by molar-refractivity contribution is 7.92. The Morgan fingerprint density at radius 2 is 0.983 bits per heavy atom. The Kier molecular flexibility index (Phi) is 14.0. The molecular weight excluding hydrogens is 843 g/mol. The third kappa shape index (κ3) is 10.4. The van der Waals surface area contributed by atoms with E-state index >= 15 is 0 Å². The van der Waals surface area contributed by atoms with Crippen molar-refractivity contribution in [1.29, 1.82) is 10.5 Å². The van der Waals surface area contributed by atoms with Crippen molar-refractivity contribution >= 4 is 31.5 Å². The first kappa shape index (κ1) is 46.8. The Bertz CT molecular complexity index is 2060. The second-order valence-electron chi connectivity index (χ2n) is 15.7. The van der Waals surface area contributed by atoms with E-state index in [-0.39, 0.29) is 25.7 Å². The number of nitriles is 2. The summed E-state index contributed by atoms with van der Waals surface area (Å²) < 4.78 is 144. The Morgan fingerprint density at radius 3 is 1.27 bits per heavy atom. The number of amides is 2. The maximum atomic E-state index is 13.4. The average molecular weight is 889 g/mol. The molecule has 20 heteroatoms. The standard InChI is InChI=1S/2C20H23F3N2O4S/c2*1-2-9-29-16-11-13(10-14(16)18(26)25-19(12-24)7-8-19)30(27,28)17-6-4-3-5-15(17)20(21,22)23/h2*3-6,13-14,16H,2,7-11H2,1H3,(H,25,26)/t2*13-,14-,16-/m10/s1. The van der Waals surface area contributed by atoms with E-state index in [0.717, 1.165) is 36.4 Å². The topological polar surface area (TPSA) is 193 Å². The van der Waals surface area contributed by atoms with Gasteiger partial charge < -0.3 is 20.1 Å². The minimum atomic E-state index is -4.82. The van der Waals surface area contributed by atoms with E-state index in [1.165, 1.54) is 12.1 Å². The number of sulfone groups is 2. The molecule has 0 saturated heterocycles. The van der Waals surface area contributed by atoms with Crippen LogP contribution in [0, 0.1) is 34.5 Å². The third-order valence-electron chi connectivity index (χ3n) is 11.2. The van der Waals surface area contributed by atoms with Crippen molar-refractivity contribution in [2.75, 3.05) is 13.2 Å². The predicted octanol–water partition coefficient (Wildman–Crippen LogP) is 6.45. The van der Waals surface area contributed by atoms with Gasteiger partial charge in [-0.25, -0.2) is 16.8 Å². The largest absolute Gasteiger partial charge is 0.417 e. The fraction of sp³-hybridized carbons (Fsp3) is 0.600. The van der Waals surface area contributed by atoms with E-state index in [1.807, 2.05) is 26.0 Å². The van der Waals surface area contributed by atoms with E-state index in [2.05, 4.69) is 10.6 Å². The van der Waals surface area contributed by atoms with Gasteiger partial charge in [-0.05, 0) is 88.5 Å². The highest BCUT2D eigenvalue weighted by Crippen LogP contribution is 2.44. The molecule has 6 atom stereocenters. The number of hydrogen-bond donors (Lipinski definition) is 2. The van der Waals surface area contributed by atoms with Gasteiger partial charge in [-0.15, -0.1) is 0 Å². The summed E-state index contributed by atoms with van der Waals surface area (Å²) in [6.07, 6.45) is -8.23. The second-order valence-corrected chi connectivity index (χ2v) is 20.1. The van der Waals surface area contributed by atoms with Crippen LogP contribution in [0.15, 0.2) is 58.3 Å². The molecule has 60 heavy (non-hydrogen) atoms. The maximum Gasteiger partial charge on any atom is 0.417 e. The van der Waals surface area contributed by atoms with Crippen LogP contribution >= 0.6 is 0 Å². The molecule has 328 valence electrons. The number of rotatable bonds is 14. The number of carbonyl (C=O) groups is 2. The Labute approximate surface area is 344 Å². The molecule has 0 spiro atoms. The van der Waals surface area contributed by atoms with Crippen molar-refractivity contribution < 1.29 is 62.2 Å². The van der Waals surface area contributed by atoms with Gasteiger partial charge in [0.1, 0.15) is 11.1 Å². The van der Waals surface area contributed by atoms with Crippen LogP contribution in [0.2, 0.25) is 0 Å². The summed E-state index contributed by atoms with van der Waals surface area (Å²) in [5.74, 6) is -2.67. The van der Waals surface area contributed by atoms with Crippen LogP contribution in [-0.2, 0) is 51.1 Å². The molecule has 12 nitrogen and oxygen atoms in total. The normalized spacial score (nSPS) is 25.5. The Hall–Kier alpha value is -4.24. The quantitative estimate of drug-likeness (QED) is 0.199. The second kappa shape index (κ2) is 18.0. The third-order valence-corrected chi connectivity index (χ3v) is 15.7. The summed E-state index contributed by atoms with van der Waals surface area (Å²) in [5.41, 5.74) is -4.28. The summed E-state index contributed by atoms with van der Waals surface area (Å²) in [4.78, 5) is 23.9. The van der Waals surface area contributed by atoms with Gasteiger partial charge in [0, 0.05) is 13.2 Å². The van der Waals surface area contributed by atoms with Crippen molar-refractivity contribution in [1.82, 2.24) is 10.6 Å². The van der Waals surface area contributed by atoms with Crippen molar-refractivity contribution in [3.8, 4) is 12.1 Å².